The van der Waals surface area contributed by atoms with Gasteiger partial charge in [0.15, 0.2) is 0 Å². The molecule has 1 aromatic rings. The lowest BCUT2D eigenvalue weighted by atomic mass is 10.1. The van der Waals surface area contributed by atoms with Crippen molar-refractivity contribution in [2.45, 2.75) is 46.1 Å². The van der Waals surface area contributed by atoms with Crippen LogP contribution in [0.15, 0.2) is 22.7 Å². The van der Waals surface area contributed by atoms with E-state index < -0.39 is 0 Å². The molecule has 0 aliphatic carbocycles. The Labute approximate surface area is 119 Å². The van der Waals surface area contributed by atoms with Gasteiger partial charge in [-0.1, -0.05) is 36.2 Å². The standard InChI is InChI=1S/C15H24BrNO/c1-4-5-11(2)10-18-14-6-7-15(16)13(9-14)8-12(3)17/h6-7,9,11-12H,4-5,8,10,17H2,1-3H3. The van der Waals surface area contributed by atoms with E-state index in [2.05, 4.69) is 35.8 Å². The first kappa shape index (κ1) is 15.5. The predicted molar refractivity (Wildman–Crippen MR) is 81.1 cm³/mol. The van der Waals surface area contributed by atoms with Gasteiger partial charge < -0.3 is 10.5 Å². The fourth-order valence-electron chi connectivity index (χ4n) is 1.96. The summed E-state index contributed by atoms with van der Waals surface area (Å²) in [7, 11) is 0. The number of ether oxygens (including phenoxy) is 1. The van der Waals surface area contributed by atoms with Crippen LogP contribution in [0.2, 0.25) is 0 Å². The zero-order valence-corrected chi connectivity index (χ0v) is 13.2. The lowest BCUT2D eigenvalue weighted by Gasteiger charge is -2.14. The van der Waals surface area contributed by atoms with Crippen molar-refractivity contribution < 1.29 is 4.74 Å². The van der Waals surface area contributed by atoms with Gasteiger partial charge in [0.1, 0.15) is 5.75 Å². The van der Waals surface area contributed by atoms with Crippen molar-refractivity contribution >= 4 is 15.9 Å². The maximum Gasteiger partial charge on any atom is 0.119 e. The van der Waals surface area contributed by atoms with Gasteiger partial charge in [-0.05, 0) is 49.4 Å². The maximum absolute atomic E-state index is 5.84. The molecule has 0 heterocycles. The van der Waals surface area contributed by atoms with Crippen molar-refractivity contribution in [1.29, 1.82) is 0 Å². The van der Waals surface area contributed by atoms with Crippen LogP contribution in [0.4, 0.5) is 0 Å². The fraction of sp³-hybridized carbons (Fsp3) is 0.600. The van der Waals surface area contributed by atoms with E-state index in [0.717, 1.165) is 23.2 Å². The van der Waals surface area contributed by atoms with Crippen LogP contribution in [-0.4, -0.2) is 12.6 Å². The number of hydrogen-bond acceptors (Lipinski definition) is 2. The summed E-state index contributed by atoms with van der Waals surface area (Å²) in [5, 5.41) is 0. The summed E-state index contributed by atoms with van der Waals surface area (Å²) in [5.74, 6) is 1.55. The quantitative estimate of drug-likeness (QED) is 0.820. The van der Waals surface area contributed by atoms with Crippen molar-refractivity contribution in [2.75, 3.05) is 6.61 Å². The van der Waals surface area contributed by atoms with Gasteiger partial charge in [0.25, 0.3) is 0 Å². The van der Waals surface area contributed by atoms with E-state index in [1.54, 1.807) is 0 Å². The van der Waals surface area contributed by atoms with E-state index in [-0.39, 0.29) is 6.04 Å². The van der Waals surface area contributed by atoms with Crippen LogP contribution in [-0.2, 0) is 6.42 Å². The van der Waals surface area contributed by atoms with E-state index in [1.165, 1.54) is 18.4 Å². The second kappa shape index (κ2) is 7.80. The first-order chi connectivity index (χ1) is 8.52. The first-order valence-electron chi connectivity index (χ1n) is 6.69. The molecule has 2 N–H and O–H groups in total. The number of rotatable bonds is 7. The summed E-state index contributed by atoms with van der Waals surface area (Å²) >= 11 is 3.55. The number of nitrogens with two attached hydrogens (primary N) is 1. The Kier molecular flexibility index (Phi) is 6.72. The van der Waals surface area contributed by atoms with Crippen molar-refractivity contribution in [2.24, 2.45) is 11.7 Å². The molecule has 0 radical (unpaired) electrons. The largest absolute Gasteiger partial charge is 0.493 e. The Balaban J connectivity index is 2.61. The lowest BCUT2D eigenvalue weighted by Crippen LogP contribution is -2.18. The Morgan fingerprint density at radius 2 is 2.06 bits per heavy atom. The zero-order chi connectivity index (χ0) is 13.5. The average molecular weight is 314 g/mol. The average Bonchev–Trinajstić information content (AvgIpc) is 2.30. The minimum atomic E-state index is 0.163. The molecule has 0 aromatic heterocycles. The molecule has 18 heavy (non-hydrogen) atoms. The topological polar surface area (TPSA) is 35.2 Å². The Bertz CT molecular complexity index is 366. The highest BCUT2D eigenvalue weighted by Crippen LogP contribution is 2.24. The van der Waals surface area contributed by atoms with Crippen molar-refractivity contribution in [3.8, 4) is 5.75 Å². The monoisotopic (exact) mass is 313 g/mol. The molecule has 2 nitrogen and oxygen atoms in total. The molecule has 1 rings (SSSR count). The summed E-state index contributed by atoms with van der Waals surface area (Å²) in [6.45, 7) is 7.23. The summed E-state index contributed by atoms with van der Waals surface area (Å²) < 4.78 is 6.94. The fourth-order valence-corrected chi connectivity index (χ4v) is 2.37. The summed E-state index contributed by atoms with van der Waals surface area (Å²) in [6, 6.07) is 6.30. The minimum Gasteiger partial charge on any atom is -0.493 e. The molecule has 2 atom stereocenters. The van der Waals surface area contributed by atoms with E-state index >= 15 is 0 Å². The molecule has 0 spiro atoms. The van der Waals surface area contributed by atoms with Crippen molar-refractivity contribution in [1.82, 2.24) is 0 Å². The molecule has 1 aromatic carbocycles. The number of benzene rings is 1. The Hall–Kier alpha value is -0.540. The molecule has 0 amide bonds. The van der Waals surface area contributed by atoms with Crippen LogP contribution in [0, 0.1) is 5.92 Å². The van der Waals surface area contributed by atoms with Gasteiger partial charge in [0, 0.05) is 10.5 Å². The third-order valence-electron chi connectivity index (χ3n) is 2.88. The van der Waals surface area contributed by atoms with Crippen LogP contribution < -0.4 is 10.5 Å². The molecule has 0 saturated carbocycles. The van der Waals surface area contributed by atoms with Crippen molar-refractivity contribution in [3.63, 3.8) is 0 Å². The van der Waals surface area contributed by atoms with Gasteiger partial charge in [0.2, 0.25) is 0 Å². The van der Waals surface area contributed by atoms with Gasteiger partial charge in [-0.15, -0.1) is 0 Å². The van der Waals surface area contributed by atoms with Crippen LogP contribution >= 0.6 is 15.9 Å². The SMILES string of the molecule is CCCC(C)COc1ccc(Br)c(CC(C)N)c1. The van der Waals surface area contributed by atoms with Gasteiger partial charge in [-0.25, -0.2) is 0 Å². The number of hydrogen-bond donors (Lipinski definition) is 1. The van der Waals surface area contributed by atoms with E-state index in [1.807, 2.05) is 19.1 Å². The van der Waals surface area contributed by atoms with Gasteiger partial charge in [0.05, 0.1) is 6.61 Å². The number of halogens is 1. The second-order valence-electron chi connectivity index (χ2n) is 5.14. The molecule has 0 fully saturated rings. The highest BCUT2D eigenvalue weighted by Gasteiger charge is 2.07. The van der Waals surface area contributed by atoms with Crippen molar-refractivity contribution in [3.05, 3.63) is 28.2 Å². The summed E-state index contributed by atoms with van der Waals surface area (Å²) in [5.41, 5.74) is 7.06. The third-order valence-corrected chi connectivity index (χ3v) is 3.65. The van der Waals surface area contributed by atoms with Crippen LogP contribution in [0.3, 0.4) is 0 Å². The van der Waals surface area contributed by atoms with Gasteiger partial charge in [-0.2, -0.15) is 0 Å². The summed E-state index contributed by atoms with van der Waals surface area (Å²) in [4.78, 5) is 0. The minimum absolute atomic E-state index is 0.163. The third kappa shape index (κ3) is 5.40. The van der Waals surface area contributed by atoms with Crippen LogP contribution in [0.1, 0.15) is 39.2 Å². The van der Waals surface area contributed by atoms with E-state index in [9.17, 15) is 0 Å². The first-order valence-corrected chi connectivity index (χ1v) is 7.49. The predicted octanol–water partition coefficient (Wildman–Crippen LogP) is 4.15. The molecule has 102 valence electrons. The smallest absolute Gasteiger partial charge is 0.119 e. The second-order valence-corrected chi connectivity index (χ2v) is 5.99. The van der Waals surface area contributed by atoms with Crippen LogP contribution in [0.5, 0.6) is 5.75 Å². The molecular formula is C15H24BrNO. The highest BCUT2D eigenvalue weighted by atomic mass is 79.9. The van der Waals surface area contributed by atoms with E-state index in [4.69, 9.17) is 10.5 Å². The molecule has 0 aliphatic rings. The highest BCUT2D eigenvalue weighted by molar-refractivity contribution is 9.10. The zero-order valence-electron chi connectivity index (χ0n) is 11.6. The van der Waals surface area contributed by atoms with E-state index in [0.29, 0.717) is 5.92 Å². The molecule has 3 heteroatoms. The lowest BCUT2D eigenvalue weighted by molar-refractivity contribution is 0.251. The van der Waals surface area contributed by atoms with Crippen LogP contribution in [0.25, 0.3) is 0 Å². The Morgan fingerprint density at radius 1 is 1.33 bits per heavy atom. The van der Waals surface area contributed by atoms with Gasteiger partial charge >= 0.3 is 0 Å². The normalized spacial score (nSPS) is 14.3. The molecule has 0 bridgehead atoms. The molecule has 0 aliphatic heterocycles. The van der Waals surface area contributed by atoms with Gasteiger partial charge in [-0.3, -0.25) is 0 Å². The molecule has 0 saturated heterocycles. The maximum atomic E-state index is 5.84. The molecular weight excluding hydrogens is 290 g/mol. The molecule has 2 unspecified atom stereocenters. The Morgan fingerprint density at radius 3 is 2.67 bits per heavy atom. The summed E-state index contributed by atoms with van der Waals surface area (Å²) in [6.07, 6.45) is 3.28.